The van der Waals surface area contributed by atoms with Crippen molar-refractivity contribution in [2.75, 3.05) is 26.4 Å². The van der Waals surface area contributed by atoms with Crippen LogP contribution in [0.25, 0.3) is 0 Å². The summed E-state index contributed by atoms with van der Waals surface area (Å²) in [5, 5.41) is 9.40. The van der Waals surface area contributed by atoms with Crippen LogP contribution in [0.15, 0.2) is 53.8 Å². The molecule has 0 aromatic heterocycles. The molecule has 1 aromatic rings. The highest BCUT2D eigenvalue weighted by Gasteiger charge is 2.38. The summed E-state index contributed by atoms with van der Waals surface area (Å²) in [7, 11) is 0. The first-order valence-electron chi connectivity index (χ1n) is 11.9. The van der Waals surface area contributed by atoms with Crippen molar-refractivity contribution in [1.29, 1.82) is 0 Å². The monoisotopic (exact) mass is 688 g/mol. The van der Waals surface area contributed by atoms with Crippen LogP contribution in [0.3, 0.4) is 0 Å². The third-order valence-corrected chi connectivity index (χ3v) is 6.03. The van der Waals surface area contributed by atoms with Crippen molar-refractivity contribution < 1.29 is 55.2 Å². The van der Waals surface area contributed by atoms with E-state index in [0.717, 1.165) is 3.57 Å². The van der Waals surface area contributed by atoms with Gasteiger partial charge in [-0.25, -0.2) is 4.79 Å². The number of carboxylic acid groups (broad SMARTS) is 1. The van der Waals surface area contributed by atoms with Gasteiger partial charge in [-0.1, -0.05) is 30.0 Å². The van der Waals surface area contributed by atoms with Crippen LogP contribution in [0.4, 0.5) is 26.3 Å². The van der Waals surface area contributed by atoms with E-state index in [4.69, 9.17) is 18.9 Å². The fourth-order valence-electron chi connectivity index (χ4n) is 3.39. The molecule has 0 bridgehead atoms. The van der Waals surface area contributed by atoms with Crippen LogP contribution in [0.2, 0.25) is 0 Å². The summed E-state index contributed by atoms with van der Waals surface area (Å²) in [5.74, 6) is 4.39. The minimum atomic E-state index is -4.69. The number of para-hydroxylation sites is 1. The van der Waals surface area contributed by atoms with Gasteiger partial charge in [0.25, 0.3) is 0 Å². The fraction of sp³-hybridized carbons (Fsp3) is 0.444. The normalized spacial score (nSPS) is 18.4. The quantitative estimate of drug-likeness (QED) is 0.156. The fourth-order valence-corrected chi connectivity index (χ4v) is 4.10. The molecule has 6 nitrogen and oxygen atoms in total. The number of allylic oxidation sites excluding steroid dienone is 3. The molecule has 13 heteroatoms. The van der Waals surface area contributed by atoms with Crippen molar-refractivity contribution in [1.82, 2.24) is 0 Å². The van der Waals surface area contributed by atoms with Gasteiger partial charge in [0.15, 0.2) is 18.3 Å². The molecule has 0 saturated carbocycles. The summed E-state index contributed by atoms with van der Waals surface area (Å²) in [5.41, 5.74) is -0.871. The molecule has 1 aliphatic carbocycles. The van der Waals surface area contributed by atoms with E-state index < -0.39 is 49.7 Å². The number of alkyl halides is 6. The Kier molecular flexibility index (Phi) is 12.4. The van der Waals surface area contributed by atoms with E-state index in [2.05, 4.69) is 11.8 Å². The van der Waals surface area contributed by atoms with Gasteiger partial charge in [-0.05, 0) is 71.9 Å². The van der Waals surface area contributed by atoms with E-state index in [1.165, 1.54) is 18.2 Å². The van der Waals surface area contributed by atoms with Gasteiger partial charge in [0.05, 0.1) is 3.57 Å². The highest BCUT2D eigenvalue weighted by Crippen LogP contribution is 2.31. The number of aliphatic carboxylic acids is 1. The molecule has 0 amide bonds. The summed E-state index contributed by atoms with van der Waals surface area (Å²) >= 11 is 2.04. The van der Waals surface area contributed by atoms with Gasteiger partial charge in [0.1, 0.15) is 24.7 Å². The lowest BCUT2D eigenvalue weighted by atomic mass is 9.93. The van der Waals surface area contributed by atoms with E-state index in [9.17, 15) is 36.2 Å². The lowest BCUT2D eigenvalue weighted by molar-refractivity contribution is -0.191. The number of hydrogen-bond acceptors (Lipinski definition) is 5. The number of benzene rings is 1. The number of carboxylic acids is 1. The third-order valence-electron chi connectivity index (χ3n) is 5.18. The highest BCUT2D eigenvalue weighted by atomic mass is 127. The molecule has 0 aliphatic heterocycles. The molecule has 2 atom stereocenters. The largest absolute Gasteiger partial charge is 0.488 e. The first kappa shape index (κ1) is 33.5. The molecule has 0 heterocycles. The molecule has 1 unspecified atom stereocenters. The van der Waals surface area contributed by atoms with E-state index in [0.29, 0.717) is 16.9 Å². The Morgan fingerprint density at radius 3 is 2.50 bits per heavy atom. The van der Waals surface area contributed by atoms with Crippen molar-refractivity contribution >= 4 is 28.6 Å². The Labute approximate surface area is 241 Å². The maximum atomic E-state index is 12.9. The molecule has 1 N–H and O–H groups in total. The van der Waals surface area contributed by atoms with Gasteiger partial charge in [-0.2, -0.15) is 26.3 Å². The van der Waals surface area contributed by atoms with Crippen molar-refractivity contribution in [2.45, 2.75) is 50.7 Å². The number of hydrogen-bond donors (Lipinski definition) is 1. The Balaban J connectivity index is 2.19. The minimum absolute atomic E-state index is 0.00794. The van der Waals surface area contributed by atoms with Crippen molar-refractivity contribution in [3.8, 4) is 17.6 Å². The molecule has 220 valence electrons. The van der Waals surface area contributed by atoms with E-state index in [1.807, 2.05) is 22.6 Å². The molecular formula is C27H27F6IO6. The van der Waals surface area contributed by atoms with E-state index >= 15 is 0 Å². The highest BCUT2D eigenvalue weighted by molar-refractivity contribution is 14.1. The van der Waals surface area contributed by atoms with Crippen LogP contribution in [-0.4, -0.2) is 61.6 Å². The molecular weight excluding hydrogens is 661 g/mol. The van der Waals surface area contributed by atoms with Gasteiger partial charge >= 0.3 is 18.3 Å². The van der Waals surface area contributed by atoms with Crippen molar-refractivity contribution in [3.05, 3.63) is 63.0 Å². The van der Waals surface area contributed by atoms with Crippen LogP contribution in [-0.2, 0) is 25.4 Å². The second-order valence-electron chi connectivity index (χ2n) is 8.53. The molecule has 1 aliphatic rings. The summed E-state index contributed by atoms with van der Waals surface area (Å²) in [6.45, 7) is 0.190. The molecule has 40 heavy (non-hydrogen) atoms. The minimum Gasteiger partial charge on any atom is -0.488 e. The van der Waals surface area contributed by atoms with Crippen molar-refractivity contribution in [3.63, 3.8) is 0 Å². The molecule has 2 rings (SSSR count). The molecule has 1 aromatic carbocycles. The summed E-state index contributed by atoms with van der Waals surface area (Å²) in [6, 6.07) is 5.24. The summed E-state index contributed by atoms with van der Waals surface area (Å²) in [4.78, 5) is 11.5. The van der Waals surface area contributed by atoms with Gasteiger partial charge in [0.2, 0.25) is 0 Å². The SMILES string of the molecule is CCO[C@@H](Cc1cccc(I)c1OC/C=C(\C)C#CC1(OCC(F)(F)F)C=CC=C(OCC(F)(F)F)C1)C(=O)O. The van der Waals surface area contributed by atoms with E-state index in [-0.39, 0.29) is 25.4 Å². The first-order valence-corrected chi connectivity index (χ1v) is 12.9. The summed E-state index contributed by atoms with van der Waals surface area (Å²) in [6.07, 6.45) is -5.56. The lowest BCUT2D eigenvalue weighted by Gasteiger charge is -2.29. The molecule has 0 spiro atoms. The Morgan fingerprint density at radius 2 is 1.88 bits per heavy atom. The van der Waals surface area contributed by atoms with Crippen LogP contribution in [0.1, 0.15) is 25.8 Å². The first-order chi connectivity index (χ1) is 18.6. The number of rotatable bonds is 12. The standard InChI is InChI=1S/C27H27F6IO6/c1-3-37-22(24(35)36)14-19-6-4-8-21(34)23(19)38-13-10-18(2)9-12-25(40-17-27(31,32)33)11-5-7-20(15-25)39-16-26(28,29)30/h4-8,10-11,22H,3,13-17H2,1-2H3,(H,35,36)/b18-10+/t22-,25?/m0/s1. The predicted molar refractivity (Wildman–Crippen MR) is 142 cm³/mol. The average Bonchev–Trinajstić information content (AvgIpc) is 2.86. The van der Waals surface area contributed by atoms with Gasteiger partial charge in [0, 0.05) is 19.4 Å². The molecule has 0 fully saturated rings. The molecule has 0 radical (unpaired) electrons. The second kappa shape index (κ2) is 14.8. The maximum Gasteiger partial charge on any atom is 0.422 e. The van der Waals surface area contributed by atoms with Gasteiger partial charge in [-0.3, -0.25) is 0 Å². The van der Waals surface area contributed by atoms with Gasteiger partial charge < -0.3 is 24.1 Å². The van der Waals surface area contributed by atoms with Crippen LogP contribution in [0, 0.1) is 15.4 Å². The number of halogens is 7. The smallest absolute Gasteiger partial charge is 0.422 e. The molecule has 0 saturated heterocycles. The Bertz CT molecular complexity index is 1180. The lowest BCUT2D eigenvalue weighted by Crippen LogP contribution is -2.35. The topological polar surface area (TPSA) is 74.2 Å². The average molecular weight is 688 g/mol. The predicted octanol–water partition coefficient (Wildman–Crippen LogP) is 6.39. The zero-order valence-corrected chi connectivity index (χ0v) is 23.7. The number of ether oxygens (including phenoxy) is 4. The summed E-state index contributed by atoms with van der Waals surface area (Å²) < 4.78 is 97.9. The second-order valence-corrected chi connectivity index (χ2v) is 9.69. The maximum absolute atomic E-state index is 12.9. The van der Waals surface area contributed by atoms with Gasteiger partial charge in [-0.15, -0.1) is 0 Å². The Morgan fingerprint density at radius 1 is 1.18 bits per heavy atom. The van der Waals surface area contributed by atoms with Crippen molar-refractivity contribution in [2.24, 2.45) is 0 Å². The third kappa shape index (κ3) is 11.8. The number of carbonyl (C=O) groups is 1. The van der Waals surface area contributed by atoms with Crippen LogP contribution < -0.4 is 4.74 Å². The van der Waals surface area contributed by atoms with Crippen LogP contribution in [0.5, 0.6) is 5.75 Å². The zero-order valence-electron chi connectivity index (χ0n) is 21.5. The zero-order chi connectivity index (χ0) is 30.0. The Hall–Kier alpha value is -2.70. The van der Waals surface area contributed by atoms with Crippen LogP contribution >= 0.6 is 22.6 Å². The van der Waals surface area contributed by atoms with E-state index in [1.54, 1.807) is 38.1 Å².